The smallest absolute Gasteiger partial charge is 0.375 e. The van der Waals surface area contributed by atoms with Gasteiger partial charge >= 0.3 is 6.18 Å². The third kappa shape index (κ3) is 5.33. The van der Waals surface area contributed by atoms with Crippen LogP contribution in [0.4, 0.5) is 17.6 Å². The lowest BCUT2D eigenvalue weighted by Crippen LogP contribution is -2.43. The van der Waals surface area contributed by atoms with Gasteiger partial charge in [-0.1, -0.05) is 34.4 Å². The molecule has 1 heterocycles. The van der Waals surface area contributed by atoms with Crippen molar-refractivity contribution in [1.29, 1.82) is 5.26 Å². The van der Waals surface area contributed by atoms with E-state index in [9.17, 15) is 32.4 Å². The van der Waals surface area contributed by atoms with E-state index in [-0.39, 0.29) is 30.0 Å². The van der Waals surface area contributed by atoms with Crippen LogP contribution in [0.3, 0.4) is 0 Å². The van der Waals surface area contributed by atoms with Crippen LogP contribution in [0.1, 0.15) is 46.3 Å². The molecule has 0 N–H and O–H groups in total. The first-order valence-corrected chi connectivity index (χ1v) is 12.4. The fourth-order valence-corrected chi connectivity index (χ4v) is 4.80. The summed E-state index contributed by atoms with van der Waals surface area (Å²) in [6.45, 7) is 1.10. The SMILES string of the molecule is COCC(=O)N(CC1(C#N)CC1)C(=O)c1ccc(C2=NOC(c3cc(Cl)c(F)c(Cl)c3)(C(F)(F)F)C2)cc1C. The molecule has 7 nitrogen and oxygen atoms in total. The molecule has 13 heteroatoms. The Kier molecular flexibility index (Phi) is 7.69. The summed E-state index contributed by atoms with van der Waals surface area (Å²) in [7, 11) is 1.30. The number of nitriles is 1. The number of nitrogens with zero attached hydrogens (tertiary/aromatic N) is 3. The topological polar surface area (TPSA) is 92.0 Å². The monoisotopic (exact) mass is 585 g/mol. The highest BCUT2D eigenvalue weighted by Crippen LogP contribution is 2.50. The Balaban J connectivity index is 1.63. The molecule has 0 bridgehead atoms. The number of oxime groups is 1. The van der Waals surface area contributed by atoms with Gasteiger partial charge in [-0.05, 0) is 55.2 Å². The van der Waals surface area contributed by atoms with E-state index < -0.39 is 56.9 Å². The molecular weight excluding hydrogens is 565 g/mol. The molecule has 1 aliphatic carbocycles. The van der Waals surface area contributed by atoms with Crippen LogP contribution in [-0.2, 0) is 20.0 Å². The molecule has 39 heavy (non-hydrogen) atoms. The maximum absolute atomic E-state index is 14.3. The Morgan fingerprint density at radius 1 is 1.21 bits per heavy atom. The number of carbonyl (C=O) groups is 2. The minimum absolute atomic E-state index is 0.0836. The van der Waals surface area contributed by atoms with Crippen molar-refractivity contribution in [3.8, 4) is 6.07 Å². The van der Waals surface area contributed by atoms with Crippen LogP contribution in [0.2, 0.25) is 10.0 Å². The highest BCUT2D eigenvalue weighted by atomic mass is 35.5. The molecule has 4 rings (SSSR count). The summed E-state index contributed by atoms with van der Waals surface area (Å²) in [6, 6.07) is 7.93. The van der Waals surface area contributed by atoms with Gasteiger partial charge < -0.3 is 9.57 Å². The summed E-state index contributed by atoms with van der Waals surface area (Å²) in [5.74, 6) is -2.34. The highest BCUT2D eigenvalue weighted by Gasteiger charge is 2.62. The average molecular weight is 586 g/mol. The molecule has 2 aromatic rings. The molecule has 2 amide bonds. The van der Waals surface area contributed by atoms with Gasteiger partial charge in [0.15, 0.2) is 5.82 Å². The maximum atomic E-state index is 14.3. The van der Waals surface area contributed by atoms with Crippen molar-refractivity contribution < 1.29 is 36.7 Å². The lowest BCUT2D eigenvalue weighted by Gasteiger charge is -2.29. The van der Waals surface area contributed by atoms with Gasteiger partial charge in [0.1, 0.15) is 6.61 Å². The van der Waals surface area contributed by atoms with E-state index in [1.165, 1.54) is 25.3 Å². The molecular formula is C26H21Cl2F4N3O4. The van der Waals surface area contributed by atoms with Gasteiger partial charge in [0.2, 0.25) is 0 Å². The first-order valence-electron chi connectivity index (χ1n) is 11.6. The number of benzene rings is 2. The second-order valence-corrected chi connectivity index (χ2v) is 10.3. The minimum atomic E-state index is -4.98. The van der Waals surface area contributed by atoms with E-state index in [1.807, 2.05) is 0 Å². The van der Waals surface area contributed by atoms with Crippen LogP contribution in [0, 0.1) is 29.5 Å². The summed E-state index contributed by atoms with van der Waals surface area (Å²) < 4.78 is 61.7. The maximum Gasteiger partial charge on any atom is 0.435 e. The van der Waals surface area contributed by atoms with E-state index in [2.05, 4.69) is 11.2 Å². The van der Waals surface area contributed by atoms with E-state index in [0.29, 0.717) is 18.4 Å². The average Bonchev–Trinajstić information content (AvgIpc) is 3.50. The molecule has 2 aliphatic rings. The molecule has 0 spiro atoms. The summed E-state index contributed by atoms with van der Waals surface area (Å²) in [4.78, 5) is 31.9. The Hall–Kier alpha value is -3.20. The third-order valence-electron chi connectivity index (χ3n) is 6.79. The second kappa shape index (κ2) is 10.4. The molecule has 206 valence electrons. The van der Waals surface area contributed by atoms with Crippen LogP contribution < -0.4 is 0 Å². The highest BCUT2D eigenvalue weighted by molar-refractivity contribution is 6.35. The van der Waals surface area contributed by atoms with Gasteiger partial charge in [0, 0.05) is 31.2 Å². The Bertz CT molecular complexity index is 1400. The number of methoxy groups -OCH3 is 1. The fraction of sp³-hybridized carbons (Fsp3) is 0.385. The van der Waals surface area contributed by atoms with Crippen molar-refractivity contribution in [2.75, 3.05) is 20.3 Å². The third-order valence-corrected chi connectivity index (χ3v) is 7.34. The number of amides is 2. The zero-order valence-corrected chi connectivity index (χ0v) is 22.2. The van der Waals surface area contributed by atoms with Crippen LogP contribution in [0.25, 0.3) is 0 Å². The lowest BCUT2D eigenvalue weighted by atomic mass is 9.86. The number of carbonyl (C=O) groups excluding carboxylic acids is 2. The first-order chi connectivity index (χ1) is 18.3. The quantitative estimate of drug-likeness (QED) is 0.296. The van der Waals surface area contributed by atoms with Crippen molar-refractivity contribution in [3.63, 3.8) is 0 Å². The summed E-state index contributed by atoms with van der Waals surface area (Å²) in [6.07, 6.45) is -4.65. The normalized spacial score (nSPS) is 19.6. The van der Waals surface area contributed by atoms with Crippen molar-refractivity contribution in [3.05, 3.63) is 68.4 Å². The Morgan fingerprint density at radius 3 is 2.36 bits per heavy atom. The minimum Gasteiger partial charge on any atom is -0.375 e. The first kappa shape index (κ1) is 28.8. The predicted molar refractivity (Wildman–Crippen MR) is 133 cm³/mol. The Labute approximate surface area is 230 Å². The molecule has 0 saturated heterocycles. The largest absolute Gasteiger partial charge is 0.435 e. The molecule has 1 aliphatic heterocycles. The predicted octanol–water partition coefficient (Wildman–Crippen LogP) is 5.94. The van der Waals surface area contributed by atoms with Gasteiger partial charge in [0.05, 0.1) is 27.2 Å². The number of ether oxygens (including phenoxy) is 1. The number of aryl methyl sites for hydroxylation is 1. The summed E-state index contributed by atoms with van der Waals surface area (Å²) in [5.41, 5.74) is -3.65. The van der Waals surface area contributed by atoms with Crippen molar-refractivity contribution in [2.45, 2.75) is 38.0 Å². The van der Waals surface area contributed by atoms with Gasteiger partial charge in [-0.2, -0.15) is 18.4 Å². The van der Waals surface area contributed by atoms with E-state index in [4.69, 9.17) is 32.8 Å². The van der Waals surface area contributed by atoms with Crippen molar-refractivity contribution in [1.82, 2.24) is 4.90 Å². The van der Waals surface area contributed by atoms with E-state index >= 15 is 0 Å². The molecule has 2 aromatic carbocycles. The van der Waals surface area contributed by atoms with Crippen molar-refractivity contribution in [2.24, 2.45) is 10.6 Å². The van der Waals surface area contributed by atoms with Crippen molar-refractivity contribution >= 4 is 40.7 Å². The number of rotatable bonds is 7. The van der Waals surface area contributed by atoms with Crippen LogP contribution in [-0.4, -0.2) is 48.9 Å². The Morgan fingerprint density at radius 2 is 1.85 bits per heavy atom. The van der Waals surface area contributed by atoms with Crippen LogP contribution in [0.15, 0.2) is 35.5 Å². The number of alkyl halides is 3. The van der Waals surface area contributed by atoms with Gasteiger partial charge in [-0.25, -0.2) is 4.39 Å². The van der Waals surface area contributed by atoms with E-state index in [1.54, 1.807) is 6.92 Å². The second-order valence-electron chi connectivity index (χ2n) is 9.52. The fourth-order valence-electron chi connectivity index (χ4n) is 4.31. The number of hydrogen-bond acceptors (Lipinski definition) is 6. The number of halogens is 6. The van der Waals surface area contributed by atoms with Gasteiger partial charge in [0.25, 0.3) is 17.4 Å². The molecule has 0 aromatic heterocycles. The van der Waals surface area contributed by atoms with Crippen LogP contribution >= 0.6 is 23.2 Å². The number of imide groups is 1. The molecule has 1 atom stereocenters. The standard InChI is InChI=1S/C26H21Cl2F4N3O4/c1-14-7-15(3-4-17(14)23(37)35(21(36)11-38-2)13-24(12-33)5-6-24)20-10-25(39-34-20,26(30,31)32)16-8-18(27)22(29)19(28)9-16/h3-4,7-9H,5-6,10-11,13H2,1-2H3. The summed E-state index contributed by atoms with van der Waals surface area (Å²) >= 11 is 11.5. The zero-order chi connectivity index (χ0) is 28.8. The van der Waals surface area contributed by atoms with E-state index in [0.717, 1.165) is 17.0 Å². The molecule has 1 unspecified atom stereocenters. The molecule has 1 fully saturated rings. The van der Waals surface area contributed by atoms with Gasteiger partial charge in [-0.15, -0.1) is 0 Å². The molecule has 0 radical (unpaired) electrons. The summed E-state index contributed by atoms with van der Waals surface area (Å²) in [5, 5.41) is 11.9. The van der Waals surface area contributed by atoms with Crippen LogP contribution in [0.5, 0.6) is 0 Å². The number of hydrogen-bond donors (Lipinski definition) is 0. The molecule has 1 saturated carbocycles. The van der Waals surface area contributed by atoms with Gasteiger partial charge in [-0.3, -0.25) is 14.5 Å². The zero-order valence-electron chi connectivity index (χ0n) is 20.7. The lowest BCUT2D eigenvalue weighted by molar-refractivity contribution is -0.275.